The molecule has 8 nitrogen and oxygen atoms in total. The molecule has 2 bridgehead atoms. The van der Waals surface area contributed by atoms with Gasteiger partial charge in [-0.05, 0) is 32.8 Å². The maximum atomic E-state index is 13.9. The number of nitrogens with zero attached hydrogens (tertiary/aromatic N) is 2. The van der Waals surface area contributed by atoms with Crippen LogP contribution in [0.1, 0.15) is 59.1 Å². The molecule has 4 rings (SSSR count). The van der Waals surface area contributed by atoms with Crippen molar-refractivity contribution >= 4 is 11.8 Å². The van der Waals surface area contributed by atoms with E-state index in [0.717, 1.165) is 6.07 Å². The van der Waals surface area contributed by atoms with Gasteiger partial charge in [0.1, 0.15) is 17.2 Å². The van der Waals surface area contributed by atoms with Crippen LogP contribution in [0.5, 0.6) is 5.75 Å². The smallest absolute Gasteiger partial charge is 0.274 e. The minimum Gasteiger partial charge on any atom is -0.491 e. The highest BCUT2D eigenvalue weighted by atomic mass is 19.1. The third-order valence-corrected chi connectivity index (χ3v) is 6.58. The zero-order valence-electron chi connectivity index (χ0n) is 18.5. The van der Waals surface area contributed by atoms with Gasteiger partial charge in [-0.1, -0.05) is 6.07 Å². The van der Waals surface area contributed by atoms with Gasteiger partial charge in [0.2, 0.25) is 5.43 Å². The molecule has 2 aromatic rings. The number of pyridine rings is 1. The highest BCUT2D eigenvalue weighted by Crippen LogP contribution is 2.39. The molecule has 1 aromatic carbocycles. The van der Waals surface area contributed by atoms with E-state index in [1.54, 1.807) is 11.8 Å². The minimum absolute atomic E-state index is 0.0195. The van der Waals surface area contributed by atoms with Crippen LogP contribution in [0.25, 0.3) is 0 Å². The van der Waals surface area contributed by atoms with E-state index in [1.807, 2.05) is 6.92 Å². The van der Waals surface area contributed by atoms with Gasteiger partial charge in [0, 0.05) is 37.0 Å². The van der Waals surface area contributed by atoms with E-state index in [1.165, 1.54) is 23.9 Å². The molecular weight excluding hydrogens is 436 g/mol. The molecule has 1 aromatic heterocycles. The number of carbonyl (C=O) groups is 2. The maximum absolute atomic E-state index is 13.9. The van der Waals surface area contributed by atoms with Gasteiger partial charge >= 0.3 is 0 Å². The predicted octanol–water partition coefficient (Wildman–Crippen LogP) is 2.00. The van der Waals surface area contributed by atoms with Crippen LogP contribution < -0.4 is 15.5 Å². The lowest BCUT2D eigenvalue weighted by molar-refractivity contribution is -0.00843. The third kappa shape index (κ3) is 3.88. The molecule has 2 amide bonds. The van der Waals surface area contributed by atoms with Crippen molar-refractivity contribution in [3.8, 4) is 5.75 Å². The second-order valence-corrected chi connectivity index (χ2v) is 8.80. The predicted molar refractivity (Wildman–Crippen MR) is 114 cm³/mol. The van der Waals surface area contributed by atoms with Gasteiger partial charge in [0.05, 0.1) is 18.8 Å². The van der Waals surface area contributed by atoms with Gasteiger partial charge in [-0.15, -0.1) is 0 Å². The highest BCUT2D eigenvalue weighted by molar-refractivity contribution is 5.99. The van der Waals surface area contributed by atoms with E-state index in [0.29, 0.717) is 18.9 Å². The highest BCUT2D eigenvalue weighted by Gasteiger charge is 2.47. The summed E-state index contributed by atoms with van der Waals surface area (Å²) in [5, 5.41) is 13.6. The summed E-state index contributed by atoms with van der Waals surface area (Å²) in [6, 6.07) is 2.21. The molecule has 10 heteroatoms. The quantitative estimate of drug-likeness (QED) is 0.726. The van der Waals surface area contributed by atoms with Crippen LogP contribution in [-0.4, -0.2) is 51.7 Å². The Labute approximate surface area is 188 Å². The van der Waals surface area contributed by atoms with Crippen LogP contribution in [0.3, 0.4) is 0 Å². The summed E-state index contributed by atoms with van der Waals surface area (Å²) in [6.07, 6.45) is 2.25. The van der Waals surface area contributed by atoms with Gasteiger partial charge in [0.25, 0.3) is 11.8 Å². The Bertz CT molecular complexity index is 1190. The molecule has 1 fully saturated rings. The number of fused-ring (bicyclic) bond motifs is 4. The fraction of sp³-hybridized carbons (Fsp3) is 0.435. The number of hydrogen-bond acceptors (Lipinski definition) is 5. The fourth-order valence-corrected chi connectivity index (χ4v) is 4.54. The average Bonchev–Trinajstić information content (AvgIpc) is 2.86. The summed E-state index contributed by atoms with van der Waals surface area (Å²) in [5.41, 5.74) is -2.28. The van der Waals surface area contributed by atoms with Crippen molar-refractivity contribution in [2.75, 3.05) is 13.7 Å². The molecule has 0 radical (unpaired) electrons. The molecule has 3 unspecified atom stereocenters. The number of hydrogen-bond donors (Lipinski definition) is 2. The molecule has 176 valence electrons. The molecule has 2 aliphatic heterocycles. The van der Waals surface area contributed by atoms with Crippen molar-refractivity contribution in [1.82, 2.24) is 14.8 Å². The van der Waals surface area contributed by atoms with E-state index in [9.17, 15) is 28.3 Å². The lowest BCUT2D eigenvalue weighted by Gasteiger charge is -2.41. The van der Waals surface area contributed by atoms with Crippen molar-refractivity contribution < 1.29 is 28.2 Å². The Kier molecular flexibility index (Phi) is 5.73. The summed E-state index contributed by atoms with van der Waals surface area (Å²) < 4.78 is 33.8. The van der Waals surface area contributed by atoms with Crippen molar-refractivity contribution in [2.45, 2.75) is 50.9 Å². The van der Waals surface area contributed by atoms with Crippen LogP contribution in [-0.2, 0) is 6.54 Å². The van der Waals surface area contributed by atoms with Crippen LogP contribution in [0, 0.1) is 11.6 Å². The molecule has 1 saturated heterocycles. The van der Waals surface area contributed by atoms with E-state index in [4.69, 9.17) is 4.74 Å². The third-order valence-electron chi connectivity index (χ3n) is 6.58. The Morgan fingerprint density at radius 1 is 1.33 bits per heavy atom. The van der Waals surface area contributed by atoms with Gasteiger partial charge in [-0.2, -0.15) is 0 Å². The second-order valence-electron chi connectivity index (χ2n) is 8.80. The number of benzene rings is 1. The summed E-state index contributed by atoms with van der Waals surface area (Å²) in [7, 11) is 1.23. The van der Waals surface area contributed by atoms with Gasteiger partial charge < -0.3 is 24.6 Å². The fourth-order valence-electron chi connectivity index (χ4n) is 4.54. The summed E-state index contributed by atoms with van der Waals surface area (Å²) in [4.78, 5) is 40.8. The average molecular weight is 461 g/mol. The first-order chi connectivity index (χ1) is 15.5. The van der Waals surface area contributed by atoms with Crippen LogP contribution in [0.4, 0.5) is 8.78 Å². The number of amides is 2. The van der Waals surface area contributed by atoms with Gasteiger partial charge in [-0.3, -0.25) is 14.4 Å². The summed E-state index contributed by atoms with van der Waals surface area (Å²) >= 11 is 0. The van der Waals surface area contributed by atoms with E-state index >= 15 is 0 Å². The van der Waals surface area contributed by atoms with Crippen molar-refractivity contribution in [3.63, 3.8) is 0 Å². The van der Waals surface area contributed by atoms with E-state index in [2.05, 4.69) is 5.32 Å². The van der Waals surface area contributed by atoms with Crippen LogP contribution in [0.15, 0.2) is 29.2 Å². The molecule has 0 aliphatic carbocycles. The number of carbonyl (C=O) groups excluding carboxylic acids is 2. The Morgan fingerprint density at radius 3 is 2.73 bits per heavy atom. The first kappa shape index (κ1) is 22.9. The first-order valence-corrected chi connectivity index (χ1v) is 10.6. The molecule has 3 atom stereocenters. The zero-order chi connectivity index (χ0) is 24.1. The monoisotopic (exact) mass is 461 g/mol. The SMILES string of the molecule is COc1c2n(cc(C(=O)NCc3ccc(F)cc3F)c1=O)C1CN(C2=O)C(C)CCC1(C)O. The topological polar surface area (TPSA) is 101 Å². The van der Waals surface area contributed by atoms with Crippen molar-refractivity contribution in [2.24, 2.45) is 0 Å². The number of aliphatic hydroxyl groups is 1. The normalized spacial score (nSPS) is 24.2. The Balaban J connectivity index is 1.76. The Hall–Kier alpha value is -3.27. The molecule has 33 heavy (non-hydrogen) atoms. The number of aromatic nitrogens is 1. The minimum atomic E-state index is -1.20. The number of ether oxygens (including phenoxy) is 1. The number of halogens is 2. The molecule has 3 heterocycles. The maximum Gasteiger partial charge on any atom is 0.274 e. The van der Waals surface area contributed by atoms with Gasteiger partial charge in [-0.25, -0.2) is 8.78 Å². The molecule has 2 aliphatic rings. The number of rotatable bonds is 4. The lowest BCUT2D eigenvalue weighted by Crippen LogP contribution is -2.51. The number of nitrogens with one attached hydrogen (secondary N) is 1. The largest absolute Gasteiger partial charge is 0.491 e. The Morgan fingerprint density at radius 2 is 2.06 bits per heavy atom. The molecule has 2 N–H and O–H groups in total. The molecule has 0 saturated carbocycles. The zero-order valence-corrected chi connectivity index (χ0v) is 18.5. The van der Waals surface area contributed by atoms with Crippen molar-refractivity contribution in [1.29, 1.82) is 0 Å². The summed E-state index contributed by atoms with van der Waals surface area (Å²) in [6.45, 7) is 3.48. The van der Waals surface area contributed by atoms with Crippen LogP contribution >= 0.6 is 0 Å². The van der Waals surface area contributed by atoms with Crippen LogP contribution in [0.2, 0.25) is 0 Å². The van der Waals surface area contributed by atoms with E-state index < -0.39 is 40.5 Å². The standard InChI is InChI=1S/C23H25F2N3O5/c1-12-6-7-23(2,32)17-11-27(12)22(31)18-20(33-3)19(29)15(10-28(17)18)21(30)26-9-13-4-5-14(24)8-16(13)25/h4-5,8,10,12,17,32H,6-7,9,11H2,1-3H3,(H,26,30). The first-order valence-electron chi connectivity index (χ1n) is 10.6. The lowest BCUT2D eigenvalue weighted by atomic mass is 9.90. The number of methoxy groups -OCH3 is 1. The van der Waals surface area contributed by atoms with Gasteiger partial charge in [0.15, 0.2) is 11.4 Å². The summed E-state index contributed by atoms with van der Waals surface area (Å²) in [5.74, 6) is -3.09. The molecule has 0 spiro atoms. The second kappa shape index (κ2) is 8.26. The van der Waals surface area contributed by atoms with Crippen molar-refractivity contribution in [3.05, 3.63) is 63.1 Å². The molecular formula is C23H25F2N3O5. The van der Waals surface area contributed by atoms with E-state index in [-0.39, 0.29) is 41.7 Å².